The first-order chi connectivity index (χ1) is 23.4. The van der Waals surface area contributed by atoms with Crippen molar-refractivity contribution in [1.29, 1.82) is 0 Å². The molecule has 282 valence electrons. The van der Waals surface area contributed by atoms with Crippen LogP contribution in [0.25, 0.3) is 0 Å². The Kier molecular flexibility index (Phi) is 44.5. The van der Waals surface area contributed by atoms with E-state index in [1.54, 1.807) is 6.08 Å². The van der Waals surface area contributed by atoms with Crippen LogP contribution in [0.1, 0.15) is 58.3 Å². The minimum atomic E-state index is 0.518. The maximum Gasteiger partial charge on any atom is 0.0704 e. The summed E-state index contributed by atoms with van der Waals surface area (Å²) in [6, 6.07) is 0. The number of rotatable bonds is 44. The fraction of sp³-hybridized carbons (Fsp3) is 0.943. The summed E-state index contributed by atoms with van der Waals surface area (Å²) in [6.45, 7) is 19.1. The van der Waals surface area contributed by atoms with Gasteiger partial charge in [-0.2, -0.15) is 0 Å². The van der Waals surface area contributed by atoms with Crippen molar-refractivity contribution in [2.75, 3.05) is 159 Å². The average molecular weight is 683 g/mol. The molecule has 0 radical (unpaired) electrons. The molecule has 47 heavy (non-hydrogen) atoms. The second-order valence-corrected chi connectivity index (χ2v) is 10.6. The largest absolute Gasteiger partial charge is 0.379 e. The second-order valence-electron chi connectivity index (χ2n) is 10.6. The van der Waals surface area contributed by atoms with Crippen molar-refractivity contribution in [2.24, 2.45) is 0 Å². The van der Waals surface area contributed by atoms with Crippen molar-refractivity contribution in [1.82, 2.24) is 0 Å². The van der Waals surface area contributed by atoms with Gasteiger partial charge in [-0.15, -0.1) is 6.58 Å². The monoisotopic (exact) mass is 682 g/mol. The Bertz CT molecular complexity index is 559. The fourth-order valence-corrected chi connectivity index (χ4v) is 3.92. The van der Waals surface area contributed by atoms with E-state index < -0.39 is 0 Å². The Morgan fingerprint density at radius 3 is 0.745 bits per heavy atom. The van der Waals surface area contributed by atoms with Crippen LogP contribution in [-0.4, -0.2) is 159 Å². The molecule has 0 spiro atoms. The highest BCUT2D eigenvalue weighted by molar-refractivity contribution is 4.63. The highest BCUT2D eigenvalue weighted by Gasteiger charge is 1.97. The number of hydrogen-bond donors (Lipinski definition) is 0. The van der Waals surface area contributed by atoms with E-state index >= 15 is 0 Å². The zero-order valence-electron chi connectivity index (χ0n) is 29.8. The molecule has 0 bridgehead atoms. The third-order valence-electron chi connectivity index (χ3n) is 6.47. The maximum atomic E-state index is 5.62. The normalized spacial score (nSPS) is 11.5. The van der Waals surface area contributed by atoms with Gasteiger partial charge in [0, 0.05) is 6.61 Å². The predicted molar refractivity (Wildman–Crippen MR) is 183 cm³/mol. The van der Waals surface area contributed by atoms with Crippen LogP contribution < -0.4 is 0 Å². The van der Waals surface area contributed by atoms with Gasteiger partial charge in [-0.1, -0.05) is 57.9 Å². The van der Waals surface area contributed by atoms with Crippen molar-refractivity contribution in [2.45, 2.75) is 58.3 Å². The molecule has 12 nitrogen and oxygen atoms in total. The lowest BCUT2D eigenvalue weighted by Gasteiger charge is -2.09. The van der Waals surface area contributed by atoms with Crippen LogP contribution in [0.2, 0.25) is 0 Å². The molecule has 0 aromatic carbocycles. The minimum Gasteiger partial charge on any atom is -0.379 e. The van der Waals surface area contributed by atoms with Gasteiger partial charge < -0.3 is 56.8 Å². The number of hydrogen-bond acceptors (Lipinski definition) is 12. The average Bonchev–Trinajstić information content (AvgIpc) is 3.08. The van der Waals surface area contributed by atoms with Crippen LogP contribution >= 0.6 is 0 Å². The van der Waals surface area contributed by atoms with E-state index in [2.05, 4.69) is 13.5 Å². The van der Waals surface area contributed by atoms with E-state index in [1.165, 1.54) is 44.9 Å². The molecule has 0 saturated heterocycles. The Labute approximate surface area is 286 Å². The Balaban J connectivity index is 3.04. The van der Waals surface area contributed by atoms with Crippen LogP contribution in [0.3, 0.4) is 0 Å². The summed E-state index contributed by atoms with van der Waals surface area (Å²) in [7, 11) is 0. The van der Waals surface area contributed by atoms with E-state index in [9.17, 15) is 0 Å². The molecule has 0 amide bonds. The molecular formula is C35H70O12. The molecule has 0 aliphatic carbocycles. The Morgan fingerprint density at radius 2 is 0.489 bits per heavy atom. The van der Waals surface area contributed by atoms with E-state index in [-0.39, 0.29) is 0 Å². The van der Waals surface area contributed by atoms with Gasteiger partial charge in [-0.25, -0.2) is 0 Å². The molecule has 0 N–H and O–H groups in total. The molecule has 0 rings (SSSR count). The highest BCUT2D eigenvalue weighted by Crippen LogP contribution is 2.08. The second kappa shape index (κ2) is 45.3. The summed E-state index contributed by atoms with van der Waals surface area (Å²) >= 11 is 0. The molecule has 0 atom stereocenters. The van der Waals surface area contributed by atoms with Crippen molar-refractivity contribution < 1.29 is 56.8 Å². The SMILES string of the molecule is C=CCOCCOCCOCCOCCOCCOCCOCCOCCOCCOCCOCCOCCCCCCCCCC. The summed E-state index contributed by atoms with van der Waals surface area (Å²) in [5, 5.41) is 0. The molecule has 0 aromatic rings. The molecule has 0 fully saturated rings. The Hall–Kier alpha value is -0.740. The highest BCUT2D eigenvalue weighted by atomic mass is 16.6. The smallest absolute Gasteiger partial charge is 0.0704 e. The van der Waals surface area contributed by atoms with E-state index in [0.29, 0.717) is 152 Å². The molecule has 0 unspecified atom stereocenters. The summed E-state index contributed by atoms with van der Waals surface area (Å²) in [4.78, 5) is 0. The van der Waals surface area contributed by atoms with Gasteiger partial charge in [0.1, 0.15) is 0 Å². The van der Waals surface area contributed by atoms with Crippen molar-refractivity contribution in [3.05, 3.63) is 12.7 Å². The predicted octanol–water partition coefficient (Wildman–Crippen LogP) is 4.51. The van der Waals surface area contributed by atoms with Crippen LogP contribution in [0.5, 0.6) is 0 Å². The van der Waals surface area contributed by atoms with Crippen LogP contribution in [0.4, 0.5) is 0 Å². The maximum absolute atomic E-state index is 5.62. The first-order valence-corrected chi connectivity index (χ1v) is 18.0. The molecular weight excluding hydrogens is 612 g/mol. The lowest BCUT2D eigenvalue weighted by Crippen LogP contribution is -2.15. The van der Waals surface area contributed by atoms with Crippen LogP contribution in [0.15, 0.2) is 12.7 Å². The van der Waals surface area contributed by atoms with Gasteiger partial charge in [0.25, 0.3) is 0 Å². The zero-order valence-corrected chi connectivity index (χ0v) is 29.8. The molecule has 0 aliphatic heterocycles. The summed E-state index contributed by atoms with van der Waals surface area (Å²) in [5.41, 5.74) is 0. The molecule has 0 heterocycles. The summed E-state index contributed by atoms with van der Waals surface area (Å²) in [6.07, 6.45) is 12.2. The van der Waals surface area contributed by atoms with Crippen LogP contribution in [-0.2, 0) is 56.8 Å². The van der Waals surface area contributed by atoms with E-state index in [4.69, 9.17) is 56.8 Å². The quantitative estimate of drug-likeness (QED) is 0.0666. The Morgan fingerprint density at radius 1 is 0.277 bits per heavy atom. The van der Waals surface area contributed by atoms with E-state index in [0.717, 1.165) is 13.0 Å². The first kappa shape index (κ1) is 46.3. The topological polar surface area (TPSA) is 111 Å². The summed E-state index contributed by atoms with van der Waals surface area (Å²) in [5.74, 6) is 0. The summed E-state index contributed by atoms with van der Waals surface area (Å²) < 4.78 is 65.6. The molecule has 12 heteroatoms. The van der Waals surface area contributed by atoms with Crippen molar-refractivity contribution in [3.8, 4) is 0 Å². The van der Waals surface area contributed by atoms with Gasteiger partial charge in [0.15, 0.2) is 0 Å². The van der Waals surface area contributed by atoms with Gasteiger partial charge >= 0.3 is 0 Å². The van der Waals surface area contributed by atoms with Crippen molar-refractivity contribution in [3.63, 3.8) is 0 Å². The number of unbranched alkanes of at least 4 members (excludes halogenated alkanes) is 7. The fourth-order valence-electron chi connectivity index (χ4n) is 3.92. The standard InChI is InChI=1S/C35H70O12/c1-3-5-6-7-8-9-10-11-13-37-15-17-39-19-21-41-23-25-43-27-29-45-31-33-47-35-34-46-32-30-44-28-26-42-24-22-40-20-18-38-16-14-36-12-4-2/h4H,2-3,5-35H2,1H3. The van der Waals surface area contributed by atoms with Gasteiger partial charge in [0.05, 0.1) is 152 Å². The van der Waals surface area contributed by atoms with Gasteiger partial charge in [-0.3, -0.25) is 0 Å². The lowest BCUT2D eigenvalue weighted by molar-refractivity contribution is -0.0282. The van der Waals surface area contributed by atoms with E-state index in [1.807, 2.05) is 0 Å². The number of ether oxygens (including phenoxy) is 12. The van der Waals surface area contributed by atoms with Gasteiger partial charge in [-0.05, 0) is 6.42 Å². The minimum absolute atomic E-state index is 0.518. The van der Waals surface area contributed by atoms with Gasteiger partial charge in [0.2, 0.25) is 0 Å². The third kappa shape index (κ3) is 45.3. The molecule has 0 aliphatic rings. The lowest BCUT2D eigenvalue weighted by atomic mass is 10.1. The molecule has 0 saturated carbocycles. The van der Waals surface area contributed by atoms with Crippen molar-refractivity contribution >= 4 is 0 Å². The zero-order chi connectivity index (χ0) is 33.8. The first-order valence-electron chi connectivity index (χ1n) is 18.0. The third-order valence-corrected chi connectivity index (χ3v) is 6.47. The van der Waals surface area contributed by atoms with Crippen LogP contribution in [0, 0.1) is 0 Å². The molecule has 0 aromatic heterocycles.